The van der Waals surface area contributed by atoms with Gasteiger partial charge >= 0.3 is 5.97 Å². The number of nitrogens with zero attached hydrogens (tertiary/aromatic N) is 4. The van der Waals surface area contributed by atoms with Gasteiger partial charge in [0.05, 0.1) is 5.69 Å². The second-order valence-corrected chi connectivity index (χ2v) is 7.17. The molecule has 0 bridgehead atoms. The summed E-state index contributed by atoms with van der Waals surface area (Å²) in [4.78, 5) is 24.5. The fourth-order valence-electron chi connectivity index (χ4n) is 2.32. The first-order valence-corrected chi connectivity index (χ1v) is 9.12. The van der Waals surface area contributed by atoms with Gasteiger partial charge in [-0.05, 0) is 41.1 Å². The number of tetrazole rings is 1. The molecule has 0 saturated carbocycles. The predicted octanol–water partition coefficient (Wildman–Crippen LogP) is 2.21. The minimum absolute atomic E-state index is 0.0588. The number of esters is 1. The van der Waals surface area contributed by atoms with Crippen LogP contribution in [0.3, 0.4) is 0 Å². The lowest BCUT2D eigenvalue weighted by molar-refractivity contribution is -0.124. The number of carbonyl (C=O) groups is 2. The summed E-state index contributed by atoms with van der Waals surface area (Å²) in [5.74, 6) is -0.210. The number of carbonyl (C=O) groups excluding carboxylic acids is 2. The maximum absolute atomic E-state index is 12.2. The number of rotatable bonds is 9. The third-order valence-electron chi connectivity index (χ3n) is 3.59. The summed E-state index contributed by atoms with van der Waals surface area (Å²) in [6.07, 6.45) is 4.49. The smallest absolute Gasteiger partial charge is 0.351 e. The van der Waals surface area contributed by atoms with Crippen LogP contribution in [0.1, 0.15) is 49.7 Å². The summed E-state index contributed by atoms with van der Waals surface area (Å²) in [6.45, 7) is 6.00. The topological polar surface area (TPSA) is 99.0 Å². The summed E-state index contributed by atoms with van der Waals surface area (Å²) >= 11 is 1.21. The van der Waals surface area contributed by atoms with Crippen molar-refractivity contribution in [3.8, 4) is 5.69 Å². The van der Waals surface area contributed by atoms with E-state index in [0.717, 1.165) is 19.3 Å². The first kappa shape index (κ1) is 19.0. The summed E-state index contributed by atoms with van der Waals surface area (Å²) < 4.78 is 6.49. The van der Waals surface area contributed by atoms with Crippen LogP contribution in [0.25, 0.3) is 5.69 Å². The van der Waals surface area contributed by atoms with Gasteiger partial charge in [0.25, 0.3) is 5.91 Å². The zero-order chi connectivity index (χ0) is 18.2. The highest BCUT2D eigenvalue weighted by atomic mass is 32.1. The first-order chi connectivity index (χ1) is 12.0. The molecule has 0 spiro atoms. The molecular weight excluding hydrogens is 342 g/mol. The maximum atomic E-state index is 12.2. The highest BCUT2D eigenvalue weighted by Gasteiger charge is 2.18. The Bertz CT molecular complexity index is 684. The van der Waals surface area contributed by atoms with Crippen LogP contribution in [-0.2, 0) is 9.53 Å². The molecular formula is C16H23N5O3S. The monoisotopic (exact) mass is 365 g/mol. The van der Waals surface area contributed by atoms with Crippen molar-refractivity contribution in [1.82, 2.24) is 25.5 Å². The van der Waals surface area contributed by atoms with Crippen LogP contribution in [-0.4, -0.2) is 44.7 Å². The van der Waals surface area contributed by atoms with Gasteiger partial charge in [-0.1, -0.05) is 26.7 Å². The summed E-state index contributed by atoms with van der Waals surface area (Å²) in [7, 11) is 0. The van der Waals surface area contributed by atoms with E-state index in [1.807, 2.05) is 6.92 Å². The first-order valence-electron chi connectivity index (χ1n) is 8.24. The third-order valence-corrected chi connectivity index (χ3v) is 4.47. The van der Waals surface area contributed by atoms with Crippen molar-refractivity contribution in [3.63, 3.8) is 0 Å². The predicted molar refractivity (Wildman–Crippen MR) is 93.6 cm³/mol. The van der Waals surface area contributed by atoms with Crippen molar-refractivity contribution in [2.45, 2.75) is 46.1 Å². The molecule has 2 rings (SSSR count). The van der Waals surface area contributed by atoms with E-state index >= 15 is 0 Å². The molecule has 0 aliphatic carbocycles. The van der Waals surface area contributed by atoms with E-state index in [1.165, 1.54) is 22.3 Å². The fraction of sp³-hybridized carbons (Fsp3) is 0.562. The average molecular weight is 365 g/mol. The van der Waals surface area contributed by atoms with Gasteiger partial charge in [-0.2, -0.15) is 4.68 Å². The Morgan fingerprint density at radius 2 is 2.12 bits per heavy atom. The van der Waals surface area contributed by atoms with Crippen LogP contribution in [0.4, 0.5) is 0 Å². The van der Waals surface area contributed by atoms with E-state index in [1.54, 1.807) is 11.4 Å². The fourth-order valence-corrected chi connectivity index (χ4v) is 3.10. The van der Waals surface area contributed by atoms with Gasteiger partial charge in [-0.3, -0.25) is 4.79 Å². The molecule has 1 N–H and O–H groups in total. The number of amides is 1. The molecule has 2 aromatic heterocycles. The zero-order valence-corrected chi connectivity index (χ0v) is 15.5. The minimum Gasteiger partial charge on any atom is -0.451 e. The van der Waals surface area contributed by atoms with Gasteiger partial charge < -0.3 is 10.1 Å². The van der Waals surface area contributed by atoms with Crippen molar-refractivity contribution in [1.29, 1.82) is 0 Å². The Labute approximate surface area is 150 Å². The van der Waals surface area contributed by atoms with E-state index in [4.69, 9.17) is 4.74 Å². The molecule has 0 fully saturated rings. The number of ether oxygens (including phenoxy) is 1. The van der Waals surface area contributed by atoms with Gasteiger partial charge in [0, 0.05) is 6.04 Å². The molecule has 25 heavy (non-hydrogen) atoms. The third kappa shape index (κ3) is 5.93. The van der Waals surface area contributed by atoms with Crippen LogP contribution < -0.4 is 5.32 Å². The second-order valence-electron chi connectivity index (χ2n) is 6.26. The molecule has 0 aliphatic rings. The highest BCUT2D eigenvalue weighted by molar-refractivity contribution is 7.12. The van der Waals surface area contributed by atoms with Crippen molar-refractivity contribution in [2.75, 3.05) is 6.61 Å². The van der Waals surface area contributed by atoms with Crippen molar-refractivity contribution in [2.24, 2.45) is 5.92 Å². The summed E-state index contributed by atoms with van der Waals surface area (Å²) in [5.41, 5.74) is 0.530. The zero-order valence-electron chi connectivity index (χ0n) is 14.6. The molecule has 2 heterocycles. The van der Waals surface area contributed by atoms with Crippen molar-refractivity contribution < 1.29 is 14.3 Å². The number of hydrogen-bond acceptors (Lipinski definition) is 7. The molecule has 0 unspecified atom stereocenters. The Morgan fingerprint density at radius 3 is 2.80 bits per heavy atom. The standard InChI is InChI=1S/C16H23N5O3S/c1-11(2)5-4-6-12(3)18-14(22)9-24-16(23)15-13(7-8-25-15)21-10-17-19-20-21/h7-8,10-12H,4-6,9H2,1-3H3,(H,18,22)/t12-/m1/s1. The number of hydrogen-bond donors (Lipinski definition) is 1. The quantitative estimate of drug-likeness (QED) is 0.684. The summed E-state index contributed by atoms with van der Waals surface area (Å²) in [5, 5.41) is 15.4. The lowest BCUT2D eigenvalue weighted by atomic mass is 10.0. The average Bonchev–Trinajstić information content (AvgIpc) is 3.22. The van der Waals surface area contributed by atoms with E-state index < -0.39 is 5.97 Å². The lowest BCUT2D eigenvalue weighted by Gasteiger charge is -2.14. The molecule has 0 aliphatic heterocycles. The minimum atomic E-state index is -0.567. The van der Waals surface area contributed by atoms with E-state index in [2.05, 4.69) is 34.7 Å². The molecule has 0 aromatic carbocycles. The van der Waals surface area contributed by atoms with Gasteiger partial charge in [0.2, 0.25) is 0 Å². The summed E-state index contributed by atoms with van der Waals surface area (Å²) in [6, 6.07) is 1.78. The van der Waals surface area contributed by atoms with E-state index in [-0.39, 0.29) is 18.6 Å². The van der Waals surface area contributed by atoms with Gasteiger partial charge in [-0.15, -0.1) is 16.4 Å². The van der Waals surface area contributed by atoms with Gasteiger partial charge in [0.1, 0.15) is 11.2 Å². The van der Waals surface area contributed by atoms with Gasteiger partial charge in [-0.25, -0.2) is 4.79 Å². The Kier molecular flexibility index (Phi) is 7.05. The normalized spacial score (nSPS) is 12.2. The van der Waals surface area contributed by atoms with Crippen LogP contribution in [0, 0.1) is 5.92 Å². The largest absolute Gasteiger partial charge is 0.451 e. The number of thiophene rings is 1. The molecule has 2 aromatic rings. The van der Waals surface area contributed by atoms with E-state index in [9.17, 15) is 9.59 Å². The van der Waals surface area contributed by atoms with Crippen molar-refractivity contribution in [3.05, 3.63) is 22.7 Å². The van der Waals surface area contributed by atoms with Crippen LogP contribution in [0.5, 0.6) is 0 Å². The SMILES string of the molecule is CC(C)CCC[C@@H](C)NC(=O)COC(=O)c1sccc1-n1cnnn1. The highest BCUT2D eigenvalue weighted by Crippen LogP contribution is 2.20. The lowest BCUT2D eigenvalue weighted by Crippen LogP contribution is -2.35. The molecule has 0 radical (unpaired) electrons. The molecule has 136 valence electrons. The van der Waals surface area contributed by atoms with Crippen LogP contribution in [0.15, 0.2) is 17.8 Å². The van der Waals surface area contributed by atoms with E-state index in [0.29, 0.717) is 16.5 Å². The Hall–Kier alpha value is -2.29. The second kappa shape index (κ2) is 9.26. The molecule has 9 heteroatoms. The molecule has 0 saturated heterocycles. The molecule has 1 atom stereocenters. The van der Waals surface area contributed by atoms with Gasteiger partial charge in [0.15, 0.2) is 6.61 Å². The van der Waals surface area contributed by atoms with Crippen LogP contribution in [0.2, 0.25) is 0 Å². The van der Waals surface area contributed by atoms with Crippen LogP contribution >= 0.6 is 11.3 Å². The number of nitrogens with one attached hydrogen (secondary N) is 1. The Morgan fingerprint density at radius 1 is 1.32 bits per heavy atom. The van der Waals surface area contributed by atoms with Crippen molar-refractivity contribution >= 4 is 23.2 Å². The maximum Gasteiger partial charge on any atom is 0.351 e. The number of aromatic nitrogens is 4. The molecule has 8 nitrogen and oxygen atoms in total. The molecule has 1 amide bonds. The Balaban J connectivity index is 1.78.